The number of thiophene rings is 1. The third-order valence-corrected chi connectivity index (χ3v) is 6.89. The van der Waals surface area contributed by atoms with Crippen molar-refractivity contribution in [2.24, 2.45) is 5.92 Å². The molecule has 2 bridgehead atoms. The summed E-state index contributed by atoms with van der Waals surface area (Å²) in [6.07, 6.45) is 5.54. The van der Waals surface area contributed by atoms with E-state index in [1.54, 1.807) is 11.3 Å². The van der Waals surface area contributed by atoms with Crippen LogP contribution in [-0.4, -0.2) is 59.9 Å². The van der Waals surface area contributed by atoms with Crippen molar-refractivity contribution in [3.63, 3.8) is 0 Å². The normalized spacial score (nSPS) is 28.0. The Labute approximate surface area is 165 Å². The molecule has 0 aliphatic carbocycles. The minimum atomic E-state index is 0. The van der Waals surface area contributed by atoms with Gasteiger partial charge in [-0.05, 0) is 50.7 Å². The van der Waals surface area contributed by atoms with E-state index >= 15 is 0 Å². The van der Waals surface area contributed by atoms with Gasteiger partial charge in [-0.15, -0.1) is 23.7 Å². The second-order valence-corrected chi connectivity index (χ2v) is 9.05. The Morgan fingerprint density at radius 1 is 1.08 bits per heavy atom. The first-order valence-corrected chi connectivity index (χ1v) is 10.3. The molecule has 1 aromatic heterocycles. The molecule has 1 N–H and O–H groups in total. The van der Waals surface area contributed by atoms with Crippen LogP contribution in [0, 0.1) is 12.8 Å². The quantitative estimate of drug-likeness (QED) is 0.853. The first-order chi connectivity index (χ1) is 12.1. The fourth-order valence-corrected chi connectivity index (χ4v) is 5.42. The Morgan fingerprint density at radius 3 is 2.27 bits per heavy atom. The molecule has 1 aromatic rings. The number of halogens is 1. The summed E-state index contributed by atoms with van der Waals surface area (Å²) >= 11 is 1.55. The lowest BCUT2D eigenvalue weighted by atomic mass is 9.89. The van der Waals surface area contributed by atoms with Gasteiger partial charge < -0.3 is 15.1 Å². The molecule has 144 valence electrons. The van der Waals surface area contributed by atoms with Crippen LogP contribution in [0.15, 0.2) is 12.1 Å². The molecule has 7 heteroatoms. The Kier molecular flexibility index (Phi) is 6.25. The van der Waals surface area contributed by atoms with Crippen molar-refractivity contribution in [2.75, 3.05) is 26.2 Å². The highest BCUT2D eigenvalue weighted by atomic mass is 35.5. The average Bonchev–Trinajstić information content (AvgIpc) is 3.19. The van der Waals surface area contributed by atoms with Gasteiger partial charge in [0.05, 0.1) is 4.88 Å². The first-order valence-electron chi connectivity index (χ1n) is 9.48. The summed E-state index contributed by atoms with van der Waals surface area (Å²) in [4.78, 5) is 31.0. The van der Waals surface area contributed by atoms with Crippen molar-refractivity contribution in [3.8, 4) is 0 Å². The number of nitrogens with zero attached hydrogens (tertiary/aromatic N) is 2. The average molecular weight is 398 g/mol. The lowest BCUT2D eigenvalue weighted by Gasteiger charge is -2.36. The molecule has 3 fully saturated rings. The monoisotopic (exact) mass is 397 g/mol. The van der Waals surface area contributed by atoms with Crippen molar-refractivity contribution in [1.82, 2.24) is 15.1 Å². The molecule has 5 nitrogen and oxygen atoms in total. The number of hydrogen-bond donors (Lipinski definition) is 1. The zero-order valence-corrected chi connectivity index (χ0v) is 16.9. The van der Waals surface area contributed by atoms with Crippen LogP contribution in [0.5, 0.6) is 0 Å². The van der Waals surface area contributed by atoms with E-state index in [1.807, 2.05) is 28.9 Å². The van der Waals surface area contributed by atoms with Crippen LogP contribution in [0.3, 0.4) is 0 Å². The highest BCUT2D eigenvalue weighted by molar-refractivity contribution is 7.13. The second kappa shape index (κ2) is 8.28. The lowest BCUT2D eigenvalue weighted by Crippen LogP contribution is -2.51. The number of amides is 2. The second-order valence-electron chi connectivity index (χ2n) is 7.76. The molecular formula is C19H28ClN3O2S. The number of piperidine rings is 1. The highest BCUT2D eigenvalue weighted by Crippen LogP contribution is 2.33. The highest BCUT2D eigenvalue weighted by Gasteiger charge is 2.35. The summed E-state index contributed by atoms with van der Waals surface area (Å²) in [6, 6.07) is 5.18. The molecule has 3 saturated heterocycles. The maximum Gasteiger partial charge on any atom is 0.264 e. The van der Waals surface area contributed by atoms with Gasteiger partial charge in [0.2, 0.25) is 5.91 Å². The number of hydrogen-bond acceptors (Lipinski definition) is 4. The summed E-state index contributed by atoms with van der Waals surface area (Å²) in [6.45, 7) is 4.67. The number of carbonyl (C=O) groups excluding carboxylic acids is 2. The van der Waals surface area contributed by atoms with Crippen molar-refractivity contribution >= 4 is 35.6 Å². The van der Waals surface area contributed by atoms with E-state index in [-0.39, 0.29) is 24.2 Å². The Bertz CT molecular complexity index is 645. The van der Waals surface area contributed by atoms with E-state index in [1.165, 1.54) is 12.8 Å². The van der Waals surface area contributed by atoms with Gasteiger partial charge in [-0.3, -0.25) is 9.59 Å². The summed E-state index contributed by atoms with van der Waals surface area (Å²) < 4.78 is 0. The Morgan fingerprint density at radius 2 is 1.69 bits per heavy atom. The SMILES string of the molecule is Cc1ccc(C(=O)N2CCN(C(=O)CC3CC4CCC(C3)N4)CC2)s1.Cl. The zero-order valence-electron chi connectivity index (χ0n) is 15.3. The molecule has 0 radical (unpaired) electrons. The van der Waals surface area contributed by atoms with Gasteiger partial charge in [0.25, 0.3) is 5.91 Å². The summed E-state index contributed by atoms with van der Waals surface area (Å²) in [5.41, 5.74) is 0. The predicted octanol–water partition coefficient (Wildman–Crippen LogP) is 2.68. The van der Waals surface area contributed by atoms with E-state index in [4.69, 9.17) is 0 Å². The molecule has 3 aliphatic heterocycles. The maximum atomic E-state index is 12.7. The molecule has 0 spiro atoms. The van der Waals surface area contributed by atoms with E-state index in [0.717, 1.165) is 22.6 Å². The number of aryl methyl sites for hydroxylation is 1. The van der Waals surface area contributed by atoms with Gasteiger partial charge in [-0.1, -0.05) is 0 Å². The van der Waals surface area contributed by atoms with Gasteiger partial charge >= 0.3 is 0 Å². The van der Waals surface area contributed by atoms with Crippen molar-refractivity contribution in [2.45, 2.75) is 51.1 Å². The van der Waals surface area contributed by atoms with Crippen LogP contribution >= 0.6 is 23.7 Å². The molecule has 4 rings (SSSR count). The van der Waals surface area contributed by atoms with E-state index in [0.29, 0.717) is 50.6 Å². The van der Waals surface area contributed by atoms with Crippen LogP contribution in [0.1, 0.15) is 46.7 Å². The van der Waals surface area contributed by atoms with E-state index < -0.39 is 0 Å². The molecule has 0 aromatic carbocycles. The Balaban J connectivity index is 0.00000196. The topological polar surface area (TPSA) is 52.7 Å². The lowest BCUT2D eigenvalue weighted by molar-refractivity contribution is -0.134. The fourth-order valence-electron chi connectivity index (χ4n) is 4.58. The van der Waals surface area contributed by atoms with E-state index in [2.05, 4.69) is 5.32 Å². The van der Waals surface area contributed by atoms with Crippen LogP contribution in [0.25, 0.3) is 0 Å². The van der Waals surface area contributed by atoms with Crippen LogP contribution < -0.4 is 5.32 Å². The van der Waals surface area contributed by atoms with Crippen molar-refractivity contribution in [3.05, 3.63) is 21.9 Å². The number of rotatable bonds is 3. The van der Waals surface area contributed by atoms with Crippen molar-refractivity contribution < 1.29 is 9.59 Å². The van der Waals surface area contributed by atoms with Crippen LogP contribution in [0.2, 0.25) is 0 Å². The fraction of sp³-hybridized carbons (Fsp3) is 0.684. The minimum Gasteiger partial charge on any atom is -0.339 e. The third kappa shape index (κ3) is 4.24. The molecular weight excluding hydrogens is 370 g/mol. The third-order valence-electron chi connectivity index (χ3n) is 5.90. The molecule has 2 unspecified atom stereocenters. The molecule has 26 heavy (non-hydrogen) atoms. The number of nitrogens with one attached hydrogen (secondary N) is 1. The summed E-state index contributed by atoms with van der Waals surface area (Å²) in [7, 11) is 0. The minimum absolute atomic E-state index is 0. The zero-order chi connectivity index (χ0) is 17.4. The summed E-state index contributed by atoms with van der Waals surface area (Å²) in [5.74, 6) is 0.936. The Hall–Kier alpha value is -1.11. The van der Waals surface area contributed by atoms with Gasteiger partial charge in [0, 0.05) is 49.6 Å². The largest absolute Gasteiger partial charge is 0.339 e. The molecule has 2 amide bonds. The molecule has 0 saturated carbocycles. The first kappa shape index (κ1) is 19.6. The van der Waals surface area contributed by atoms with Crippen LogP contribution in [-0.2, 0) is 4.79 Å². The molecule has 3 aliphatic rings. The number of carbonyl (C=O) groups is 2. The maximum absolute atomic E-state index is 12.7. The van der Waals surface area contributed by atoms with Gasteiger partial charge in [0.1, 0.15) is 0 Å². The predicted molar refractivity (Wildman–Crippen MR) is 106 cm³/mol. The number of fused-ring (bicyclic) bond motifs is 2. The molecule has 4 heterocycles. The van der Waals surface area contributed by atoms with Gasteiger partial charge in [0.15, 0.2) is 0 Å². The summed E-state index contributed by atoms with van der Waals surface area (Å²) in [5, 5.41) is 3.64. The van der Waals surface area contributed by atoms with Crippen molar-refractivity contribution in [1.29, 1.82) is 0 Å². The van der Waals surface area contributed by atoms with Crippen LogP contribution in [0.4, 0.5) is 0 Å². The van der Waals surface area contributed by atoms with Gasteiger partial charge in [-0.25, -0.2) is 0 Å². The number of piperazine rings is 1. The van der Waals surface area contributed by atoms with Gasteiger partial charge in [-0.2, -0.15) is 0 Å². The van der Waals surface area contributed by atoms with E-state index in [9.17, 15) is 9.59 Å². The smallest absolute Gasteiger partial charge is 0.264 e. The standard InChI is InChI=1S/C19H27N3O2S.ClH/c1-13-2-5-17(25-13)19(24)22-8-6-21(7-9-22)18(23)12-14-10-15-3-4-16(11-14)20-15;/h2,5,14-16,20H,3-4,6-12H2,1H3;1H. The molecule has 2 atom stereocenters.